The SMILES string of the molecule is C[C@@H](NC(=O)c1cccnc1)c1cccc(N2CCCC2)c1. The lowest BCUT2D eigenvalue weighted by Gasteiger charge is -2.20. The molecular formula is C18H21N3O. The number of hydrogen-bond acceptors (Lipinski definition) is 3. The van der Waals surface area contributed by atoms with Crippen LogP contribution in [0.5, 0.6) is 0 Å². The molecule has 4 heteroatoms. The van der Waals surface area contributed by atoms with E-state index < -0.39 is 0 Å². The zero-order valence-electron chi connectivity index (χ0n) is 12.8. The van der Waals surface area contributed by atoms with Crippen LogP contribution in [0.15, 0.2) is 48.8 Å². The summed E-state index contributed by atoms with van der Waals surface area (Å²) in [6.45, 7) is 4.26. The fourth-order valence-electron chi connectivity index (χ4n) is 2.83. The molecule has 2 aromatic rings. The van der Waals surface area contributed by atoms with Gasteiger partial charge in [-0.15, -0.1) is 0 Å². The summed E-state index contributed by atoms with van der Waals surface area (Å²) in [6, 6.07) is 12.0. The van der Waals surface area contributed by atoms with E-state index in [0.29, 0.717) is 5.56 Å². The first-order valence-electron chi connectivity index (χ1n) is 7.80. The fourth-order valence-corrected chi connectivity index (χ4v) is 2.83. The quantitative estimate of drug-likeness (QED) is 0.942. The minimum absolute atomic E-state index is 0.0322. The number of nitrogens with one attached hydrogen (secondary N) is 1. The van der Waals surface area contributed by atoms with Crippen molar-refractivity contribution < 1.29 is 4.79 Å². The predicted octanol–water partition coefficient (Wildman–Crippen LogP) is 3.17. The van der Waals surface area contributed by atoms with Crippen molar-refractivity contribution in [3.05, 3.63) is 59.9 Å². The highest BCUT2D eigenvalue weighted by molar-refractivity contribution is 5.94. The first-order chi connectivity index (χ1) is 10.7. The van der Waals surface area contributed by atoms with Crippen molar-refractivity contribution >= 4 is 11.6 Å². The number of hydrogen-bond donors (Lipinski definition) is 1. The Morgan fingerprint density at radius 3 is 2.77 bits per heavy atom. The van der Waals surface area contributed by atoms with Crippen LogP contribution >= 0.6 is 0 Å². The highest BCUT2D eigenvalue weighted by Gasteiger charge is 2.15. The zero-order chi connectivity index (χ0) is 15.4. The summed E-state index contributed by atoms with van der Waals surface area (Å²) in [5, 5.41) is 3.03. The number of pyridine rings is 1. The molecule has 0 saturated carbocycles. The van der Waals surface area contributed by atoms with Gasteiger partial charge < -0.3 is 10.2 Å². The summed E-state index contributed by atoms with van der Waals surface area (Å²) in [7, 11) is 0. The van der Waals surface area contributed by atoms with Gasteiger partial charge in [-0.3, -0.25) is 9.78 Å². The molecule has 2 heterocycles. The van der Waals surface area contributed by atoms with Crippen LogP contribution in [-0.4, -0.2) is 24.0 Å². The van der Waals surface area contributed by atoms with Crippen molar-refractivity contribution in [1.29, 1.82) is 0 Å². The van der Waals surface area contributed by atoms with Gasteiger partial charge in [-0.05, 0) is 49.6 Å². The van der Waals surface area contributed by atoms with Gasteiger partial charge in [0.1, 0.15) is 0 Å². The average molecular weight is 295 g/mol. The lowest BCUT2D eigenvalue weighted by atomic mass is 10.1. The molecule has 1 saturated heterocycles. The Labute approximate surface area is 131 Å². The number of benzene rings is 1. The van der Waals surface area contributed by atoms with Crippen molar-refractivity contribution in [3.8, 4) is 0 Å². The zero-order valence-corrected chi connectivity index (χ0v) is 12.8. The second-order valence-electron chi connectivity index (χ2n) is 5.73. The van der Waals surface area contributed by atoms with Gasteiger partial charge in [0.2, 0.25) is 0 Å². The number of amides is 1. The first-order valence-corrected chi connectivity index (χ1v) is 7.80. The molecule has 0 bridgehead atoms. The summed E-state index contributed by atoms with van der Waals surface area (Å²) < 4.78 is 0. The molecule has 1 aliphatic rings. The molecule has 1 atom stereocenters. The van der Waals surface area contributed by atoms with E-state index in [1.165, 1.54) is 18.5 Å². The summed E-state index contributed by atoms with van der Waals surface area (Å²) in [5.74, 6) is -0.0906. The Kier molecular flexibility index (Phi) is 4.37. The molecule has 1 N–H and O–H groups in total. The van der Waals surface area contributed by atoms with Gasteiger partial charge in [0, 0.05) is 31.2 Å². The van der Waals surface area contributed by atoms with Gasteiger partial charge in [-0.1, -0.05) is 12.1 Å². The maximum atomic E-state index is 12.2. The molecule has 1 amide bonds. The van der Waals surface area contributed by atoms with Gasteiger partial charge in [0.15, 0.2) is 0 Å². The highest BCUT2D eigenvalue weighted by Crippen LogP contribution is 2.24. The van der Waals surface area contributed by atoms with Crippen LogP contribution in [0.1, 0.15) is 41.7 Å². The Hall–Kier alpha value is -2.36. The van der Waals surface area contributed by atoms with Gasteiger partial charge >= 0.3 is 0 Å². The third-order valence-corrected chi connectivity index (χ3v) is 4.11. The van der Waals surface area contributed by atoms with Crippen LogP contribution in [0.3, 0.4) is 0 Å². The summed E-state index contributed by atoms with van der Waals surface area (Å²) in [5.41, 5.74) is 2.96. The van der Waals surface area contributed by atoms with Crippen molar-refractivity contribution in [2.75, 3.05) is 18.0 Å². The second-order valence-corrected chi connectivity index (χ2v) is 5.73. The second kappa shape index (κ2) is 6.60. The fraction of sp³-hybridized carbons (Fsp3) is 0.333. The molecular weight excluding hydrogens is 274 g/mol. The van der Waals surface area contributed by atoms with Crippen LogP contribution in [0.25, 0.3) is 0 Å². The summed E-state index contributed by atoms with van der Waals surface area (Å²) in [4.78, 5) is 18.6. The molecule has 114 valence electrons. The molecule has 0 aliphatic carbocycles. The number of nitrogens with zero attached hydrogens (tertiary/aromatic N) is 2. The summed E-state index contributed by atoms with van der Waals surface area (Å²) >= 11 is 0. The van der Waals surface area contributed by atoms with Crippen molar-refractivity contribution in [3.63, 3.8) is 0 Å². The lowest BCUT2D eigenvalue weighted by Crippen LogP contribution is -2.27. The van der Waals surface area contributed by atoms with E-state index in [1.54, 1.807) is 24.5 Å². The van der Waals surface area contributed by atoms with Crippen LogP contribution in [-0.2, 0) is 0 Å². The maximum absolute atomic E-state index is 12.2. The number of carbonyl (C=O) groups excluding carboxylic acids is 1. The van der Waals surface area contributed by atoms with Crippen LogP contribution in [0.2, 0.25) is 0 Å². The number of aromatic nitrogens is 1. The molecule has 0 unspecified atom stereocenters. The Morgan fingerprint density at radius 1 is 1.23 bits per heavy atom. The molecule has 1 aromatic carbocycles. The topological polar surface area (TPSA) is 45.2 Å². The Morgan fingerprint density at radius 2 is 2.05 bits per heavy atom. The largest absolute Gasteiger partial charge is 0.372 e. The Bertz CT molecular complexity index is 636. The lowest BCUT2D eigenvalue weighted by molar-refractivity contribution is 0.0939. The molecule has 1 fully saturated rings. The molecule has 0 radical (unpaired) electrons. The summed E-state index contributed by atoms with van der Waals surface area (Å²) in [6.07, 6.45) is 5.78. The standard InChI is InChI=1S/C18H21N3O/c1-14(20-18(22)16-7-5-9-19-13-16)15-6-4-8-17(12-15)21-10-2-3-11-21/h4-9,12-14H,2-3,10-11H2,1H3,(H,20,22)/t14-/m1/s1. The maximum Gasteiger partial charge on any atom is 0.253 e. The van der Waals surface area contributed by atoms with E-state index in [0.717, 1.165) is 18.7 Å². The van der Waals surface area contributed by atoms with Gasteiger partial charge in [0.05, 0.1) is 11.6 Å². The third kappa shape index (κ3) is 3.27. The van der Waals surface area contributed by atoms with Gasteiger partial charge in [-0.2, -0.15) is 0 Å². The highest BCUT2D eigenvalue weighted by atomic mass is 16.1. The van der Waals surface area contributed by atoms with E-state index in [2.05, 4.69) is 39.5 Å². The van der Waals surface area contributed by atoms with Crippen molar-refractivity contribution in [1.82, 2.24) is 10.3 Å². The smallest absolute Gasteiger partial charge is 0.253 e. The normalized spacial score (nSPS) is 15.6. The minimum Gasteiger partial charge on any atom is -0.372 e. The van der Waals surface area contributed by atoms with E-state index in [-0.39, 0.29) is 11.9 Å². The molecule has 3 rings (SSSR count). The van der Waals surface area contributed by atoms with E-state index in [9.17, 15) is 4.79 Å². The Balaban J connectivity index is 1.70. The van der Waals surface area contributed by atoms with Gasteiger partial charge in [0.25, 0.3) is 5.91 Å². The van der Waals surface area contributed by atoms with Crippen molar-refractivity contribution in [2.24, 2.45) is 0 Å². The minimum atomic E-state index is -0.0906. The molecule has 4 nitrogen and oxygen atoms in total. The molecule has 0 spiro atoms. The molecule has 22 heavy (non-hydrogen) atoms. The first kappa shape index (κ1) is 14.6. The van der Waals surface area contributed by atoms with Crippen LogP contribution in [0, 0.1) is 0 Å². The van der Waals surface area contributed by atoms with Crippen LogP contribution < -0.4 is 10.2 Å². The monoisotopic (exact) mass is 295 g/mol. The van der Waals surface area contributed by atoms with E-state index in [4.69, 9.17) is 0 Å². The van der Waals surface area contributed by atoms with Crippen molar-refractivity contribution in [2.45, 2.75) is 25.8 Å². The van der Waals surface area contributed by atoms with Gasteiger partial charge in [-0.25, -0.2) is 0 Å². The number of rotatable bonds is 4. The predicted molar refractivity (Wildman–Crippen MR) is 88.0 cm³/mol. The van der Waals surface area contributed by atoms with Crippen LogP contribution in [0.4, 0.5) is 5.69 Å². The average Bonchev–Trinajstić information content (AvgIpc) is 3.10. The number of anilines is 1. The molecule has 1 aromatic heterocycles. The number of carbonyl (C=O) groups is 1. The van der Waals surface area contributed by atoms with E-state index in [1.807, 2.05) is 6.92 Å². The van der Waals surface area contributed by atoms with E-state index >= 15 is 0 Å². The molecule has 1 aliphatic heterocycles. The third-order valence-electron chi connectivity index (χ3n) is 4.11.